The molecule has 0 unspecified atom stereocenters. The predicted octanol–water partition coefficient (Wildman–Crippen LogP) is 3.09. The number of amides is 1. The minimum absolute atomic E-state index is 0.239. The first-order chi connectivity index (χ1) is 13.2. The van der Waals surface area contributed by atoms with Crippen LogP contribution in [0.3, 0.4) is 0 Å². The lowest BCUT2D eigenvalue weighted by Gasteiger charge is -2.29. The SMILES string of the molecule is CN=C(NCCCC(=O)N1CCc2ccccc2C1)NCc1ccc(C)s1. The van der Waals surface area contributed by atoms with E-state index in [4.69, 9.17) is 0 Å². The van der Waals surface area contributed by atoms with Gasteiger partial charge in [0.25, 0.3) is 0 Å². The summed E-state index contributed by atoms with van der Waals surface area (Å²) in [4.78, 5) is 21.3. The molecule has 2 heterocycles. The average Bonchev–Trinajstić information content (AvgIpc) is 3.12. The van der Waals surface area contributed by atoms with Gasteiger partial charge in [0.15, 0.2) is 5.96 Å². The van der Waals surface area contributed by atoms with Gasteiger partial charge in [-0.2, -0.15) is 0 Å². The molecule has 0 atom stereocenters. The first-order valence-corrected chi connectivity index (χ1v) is 10.3. The van der Waals surface area contributed by atoms with Gasteiger partial charge in [-0.25, -0.2) is 0 Å². The summed E-state index contributed by atoms with van der Waals surface area (Å²) in [5, 5.41) is 6.61. The van der Waals surface area contributed by atoms with Gasteiger partial charge >= 0.3 is 0 Å². The molecule has 0 saturated carbocycles. The quantitative estimate of drug-likeness (QED) is 0.457. The Labute approximate surface area is 165 Å². The fourth-order valence-electron chi connectivity index (χ4n) is 3.28. The minimum atomic E-state index is 0.239. The number of nitrogens with zero attached hydrogens (tertiary/aromatic N) is 2. The topological polar surface area (TPSA) is 56.7 Å². The fourth-order valence-corrected chi connectivity index (χ4v) is 4.11. The number of hydrogen-bond acceptors (Lipinski definition) is 3. The first kappa shape index (κ1) is 19.4. The lowest BCUT2D eigenvalue weighted by molar-refractivity contribution is -0.132. The molecule has 5 nitrogen and oxygen atoms in total. The van der Waals surface area contributed by atoms with Gasteiger partial charge in [0, 0.05) is 42.9 Å². The van der Waals surface area contributed by atoms with E-state index in [1.165, 1.54) is 20.9 Å². The molecule has 1 aliphatic rings. The maximum atomic E-state index is 12.5. The van der Waals surface area contributed by atoms with Crippen molar-refractivity contribution in [3.63, 3.8) is 0 Å². The van der Waals surface area contributed by atoms with E-state index >= 15 is 0 Å². The zero-order valence-corrected chi connectivity index (χ0v) is 16.9. The Kier molecular flexibility index (Phi) is 6.87. The van der Waals surface area contributed by atoms with Gasteiger partial charge in [-0.1, -0.05) is 24.3 Å². The second-order valence-corrected chi connectivity index (χ2v) is 8.17. The molecule has 27 heavy (non-hydrogen) atoms. The lowest BCUT2D eigenvalue weighted by atomic mass is 9.99. The summed E-state index contributed by atoms with van der Waals surface area (Å²) >= 11 is 1.79. The van der Waals surface area contributed by atoms with Gasteiger partial charge in [0.1, 0.15) is 0 Å². The Morgan fingerprint density at radius 1 is 1.19 bits per heavy atom. The van der Waals surface area contributed by atoms with E-state index in [1.54, 1.807) is 18.4 Å². The van der Waals surface area contributed by atoms with E-state index < -0.39 is 0 Å². The summed E-state index contributed by atoms with van der Waals surface area (Å²) < 4.78 is 0. The van der Waals surface area contributed by atoms with Crippen LogP contribution in [0.4, 0.5) is 0 Å². The zero-order chi connectivity index (χ0) is 19.1. The summed E-state index contributed by atoms with van der Waals surface area (Å²) in [5.41, 5.74) is 2.66. The molecule has 1 aromatic carbocycles. The van der Waals surface area contributed by atoms with Gasteiger partial charge in [0.05, 0.1) is 6.54 Å². The molecule has 144 valence electrons. The third kappa shape index (κ3) is 5.57. The van der Waals surface area contributed by atoms with Crippen LogP contribution in [0.2, 0.25) is 0 Å². The predicted molar refractivity (Wildman–Crippen MR) is 112 cm³/mol. The van der Waals surface area contributed by atoms with Crippen molar-refractivity contribution in [3.05, 3.63) is 57.3 Å². The van der Waals surface area contributed by atoms with Crippen LogP contribution in [-0.4, -0.2) is 36.9 Å². The molecular formula is C21H28N4OS. The number of thiophene rings is 1. The van der Waals surface area contributed by atoms with Crippen LogP contribution in [0.15, 0.2) is 41.4 Å². The molecular weight excluding hydrogens is 356 g/mol. The summed E-state index contributed by atoms with van der Waals surface area (Å²) in [6.07, 6.45) is 2.32. The number of carbonyl (C=O) groups excluding carboxylic acids is 1. The van der Waals surface area contributed by atoms with Gasteiger partial charge in [0.2, 0.25) is 5.91 Å². The molecule has 1 aliphatic heterocycles. The summed E-state index contributed by atoms with van der Waals surface area (Å²) in [7, 11) is 1.77. The Bertz CT molecular complexity index is 799. The number of fused-ring (bicyclic) bond motifs is 1. The van der Waals surface area contributed by atoms with Crippen molar-refractivity contribution >= 4 is 23.2 Å². The molecule has 0 aliphatic carbocycles. The van der Waals surface area contributed by atoms with Crippen molar-refractivity contribution in [1.82, 2.24) is 15.5 Å². The van der Waals surface area contributed by atoms with E-state index in [2.05, 4.69) is 52.9 Å². The molecule has 2 aromatic rings. The maximum absolute atomic E-state index is 12.5. The zero-order valence-electron chi connectivity index (χ0n) is 16.1. The van der Waals surface area contributed by atoms with Crippen molar-refractivity contribution in [2.75, 3.05) is 20.1 Å². The van der Waals surface area contributed by atoms with Crippen LogP contribution in [-0.2, 0) is 24.3 Å². The third-order valence-electron chi connectivity index (χ3n) is 4.79. The van der Waals surface area contributed by atoms with Crippen LogP contribution in [0, 0.1) is 6.92 Å². The number of aryl methyl sites for hydroxylation is 1. The molecule has 0 bridgehead atoms. The largest absolute Gasteiger partial charge is 0.356 e. The molecule has 1 amide bonds. The van der Waals surface area contributed by atoms with E-state index in [1.807, 2.05) is 11.0 Å². The van der Waals surface area contributed by atoms with E-state index in [0.717, 1.165) is 45.0 Å². The Hall–Kier alpha value is -2.34. The summed E-state index contributed by atoms with van der Waals surface area (Å²) in [6.45, 7) is 5.18. The van der Waals surface area contributed by atoms with Crippen molar-refractivity contribution in [1.29, 1.82) is 0 Å². The monoisotopic (exact) mass is 384 g/mol. The minimum Gasteiger partial charge on any atom is -0.356 e. The second-order valence-electron chi connectivity index (χ2n) is 6.80. The third-order valence-corrected chi connectivity index (χ3v) is 5.79. The highest BCUT2D eigenvalue weighted by atomic mass is 32.1. The molecule has 0 saturated heterocycles. The molecule has 0 spiro atoms. The number of rotatable bonds is 6. The summed E-state index contributed by atoms with van der Waals surface area (Å²) in [5.74, 6) is 1.02. The highest BCUT2D eigenvalue weighted by molar-refractivity contribution is 7.11. The summed E-state index contributed by atoms with van der Waals surface area (Å²) in [6, 6.07) is 12.7. The van der Waals surface area contributed by atoms with Gasteiger partial charge < -0.3 is 15.5 Å². The molecule has 0 radical (unpaired) electrons. The molecule has 2 N–H and O–H groups in total. The normalized spacial score (nSPS) is 14.0. The smallest absolute Gasteiger partial charge is 0.222 e. The van der Waals surface area contributed by atoms with Gasteiger partial charge in [-0.3, -0.25) is 9.79 Å². The number of aliphatic imine (C=N–C) groups is 1. The van der Waals surface area contributed by atoms with E-state index in [9.17, 15) is 4.79 Å². The first-order valence-electron chi connectivity index (χ1n) is 9.50. The van der Waals surface area contributed by atoms with Crippen LogP contribution in [0.25, 0.3) is 0 Å². The Morgan fingerprint density at radius 3 is 2.74 bits per heavy atom. The number of carbonyl (C=O) groups is 1. The molecule has 0 fully saturated rings. The second kappa shape index (κ2) is 9.55. The molecule has 6 heteroatoms. The van der Waals surface area contributed by atoms with Crippen molar-refractivity contribution in [2.45, 2.75) is 39.3 Å². The molecule has 3 rings (SSSR count). The Balaban J connectivity index is 1.36. The van der Waals surface area contributed by atoms with Crippen LogP contribution in [0.1, 0.15) is 33.7 Å². The number of hydrogen-bond donors (Lipinski definition) is 2. The van der Waals surface area contributed by atoms with Crippen LogP contribution in [0.5, 0.6) is 0 Å². The lowest BCUT2D eigenvalue weighted by Crippen LogP contribution is -2.38. The fraction of sp³-hybridized carbons (Fsp3) is 0.429. The highest BCUT2D eigenvalue weighted by Gasteiger charge is 2.19. The molecule has 1 aromatic heterocycles. The van der Waals surface area contributed by atoms with Crippen LogP contribution < -0.4 is 10.6 Å². The average molecular weight is 385 g/mol. The highest BCUT2D eigenvalue weighted by Crippen LogP contribution is 2.19. The van der Waals surface area contributed by atoms with Crippen molar-refractivity contribution < 1.29 is 4.79 Å². The Morgan fingerprint density at radius 2 is 2.00 bits per heavy atom. The van der Waals surface area contributed by atoms with Gasteiger partial charge in [-0.05, 0) is 43.0 Å². The van der Waals surface area contributed by atoms with Crippen molar-refractivity contribution in [2.24, 2.45) is 4.99 Å². The van der Waals surface area contributed by atoms with Crippen LogP contribution >= 0.6 is 11.3 Å². The van der Waals surface area contributed by atoms with Gasteiger partial charge in [-0.15, -0.1) is 11.3 Å². The van der Waals surface area contributed by atoms with E-state index in [-0.39, 0.29) is 5.91 Å². The van der Waals surface area contributed by atoms with Crippen molar-refractivity contribution in [3.8, 4) is 0 Å². The number of nitrogens with one attached hydrogen (secondary N) is 2. The standard InChI is InChI=1S/C21H28N4OS/c1-16-9-10-19(27-16)14-24-21(22-2)23-12-5-8-20(26)25-13-11-17-6-3-4-7-18(17)15-25/h3-4,6-7,9-10H,5,8,11-15H2,1-2H3,(H2,22,23,24). The van der Waals surface area contributed by atoms with E-state index in [0.29, 0.717) is 6.42 Å². The number of benzene rings is 1. The maximum Gasteiger partial charge on any atom is 0.222 e. The number of guanidine groups is 1.